The molecule has 0 atom stereocenters. The molecular formula is C17H12ClNO. The Morgan fingerprint density at radius 2 is 1.75 bits per heavy atom. The molecule has 0 aliphatic carbocycles. The number of aromatic nitrogens is 1. The summed E-state index contributed by atoms with van der Waals surface area (Å²) in [5.41, 5.74) is 5.24. The summed E-state index contributed by atoms with van der Waals surface area (Å²) in [5.74, 6) is 0. The van der Waals surface area contributed by atoms with Gasteiger partial charge in [0.2, 0.25) is 0 Å². The van der Waals surface area contributed by atoms with E-state index >= 15 is 0 Å². The van der Waals surface area contributed by atoms with Gasteiger partial charge in [0.25, 0.3) is 5.24 Å². The number of rotatable bonds is 1. The molecule has 0 radical (unpaired) electrons. The summed E-state index contributed by atoms with van der Waals surface area (Å²) in [5, 5.41) is 0.659. The highest BCUT2D eigenvalue weighted by molar-refractivity contribution is 6.67. The normalized spacial score (nSPS) is 13.1. The lowest BCUT2D eigenvalue weighted by Gasteiger charge is -2.11. The van der Waals surface area contributed by atoms with Gasteiger partial charge in [-0.3, -0.25) is 4.79 Å². The number of aryl methyl sites for hydroxylation is 2. The molecule has 1 aromatic heterocycles. The smallest absolute Gasteiger partial charge is 0.269 e. The number of hydrogen-bond donors (Lipinski definition) is 0. The molecule has 4 rings (SSSR count). The highest BCUT2D eigenvalue weighted by atomic mass is 35.5. The lowest BCUT2D eigenvalue weighted by Crippen LogP contribution is -2.04. The molecule has 0 amide bonds. The average Bonchev–Trinajstić information content (AvgIpc) is 2.77. The van der Waals surface area contributed by atoms with Crippen LogP contribution in [0.3, 0.4) is 0 Å². The number of hydrogen-bond acceptors (Lipinski definition) is 1. The topological polar surface area (TPSA) is 22.0 Å². The van der Waals surface area contributed by atoms with Gasteiger partial charge in [-0.15, -0.1) is 0 Å². The van der Waals surface area contributed by atoms with Gasteiger partial charge in [0.1, 0.15) is 5.69 Å². The average molecular weight is 282 g/mol. The molecule has 0 fully saturated rings. The van der Waals surface area contributed by atoms with Crippen molar-refractivity contribution in [3.8, 4) is 5.69 Å². The monoisotopic (exact) mass is 281 g/mol. The third-order valence-electron chi connectivity index (χ3n) is 4.01. The van der Waals surface area contributed by atoms with Gasteiger partial charge in [0, 0.05) is 11.1 Å². The maximum atomic E-state index is 11.8. The van der Waals surface area contributed by atoms with Gasteiger partial charge in [-0.05, 0) is 47.7 Å². The second-order valence-electron chi connectivity index (χ2n) is 5.12. The molecule has 0 bridgehead atoms. The van der Waals surface area contributed by atoms with Crippen LogP contribution in [0, 0.1) is 0 Å². The number of fused-ring (bicyclic) bond motifs is 2. The zero-order valence-electron chi connectivity index (χ0n) is 10.8. The predicted octanol–water partition coefficient (Wildman–Crippen LogP) is 4.11. The van der Waals surface area contributed by atoms with E-state index in [9.17, 15) is 4.79 Å². The van der Waals surface area contributed by atoms with E-state index < -0.39 is 5.24 Å². The highest BCUT2D eigenvalue weighted by Crippen LogP contribution is 2.33. The Morgan fingerprint density at radius 1 is 1.00 bits per heavy atom. The first-order chi connectivity index (χ1) is 9.75. The van der Waals surface area contributed by atoms with Crippen LogP contribution in [0.25, 0.3) is 16.6 Å². The van der Waals surface area contributed by atoms with E-state index in [4.69, 9.17) is 11.6 Å². The first kappa shape index (κ1) is 11.7. The summed E-state index contributed by atoms with van der Waals surface area (Å²) in [6.45, 7) is 0. The number of carbonyl (C=O) groups is 1. The number of para-hydroxylation sites is 2. The number of benzene rings is 2. The molecule has 2 nitrogen and oxygen atoms in total. The second kappa shape index (κ2) is 4.22. The van der Waals surface area contributed by atoms with Gasteiger partial charge in [0.15, 0.2) is 0 Å². The molecule has 0 N–H and O–H groups in total. The number of carbonyl (C=O) groups excluding carboxylic acids is 1. The van der Waals surface area contributed by atoms with Crippen molar-refractivity contribution in [3.63, 3.8) is 0 Å². The van der Waals surface area contributed by atoms with Crippen LogP contribution in [-0.2, 0) is 12.8 Å². The van der Waals surface area contributed by atoms with Gasteiger partial charge in [-0.25, -0.2) is 0 Å². The molecular weight excluding hydrogens is 270 g/mol. The Kier molecular flexibility index (Phi) is 2.48. The largest absolute Gasteiger partial charge is 0.305 e. The van der Waals surface area contributed by atoms with Crippen LogP contribution in [0.1, 0.15) is 21.6 Å². The molecule has 98 valence electrons. The van der Waals surface area contributed by atoms with Crippen molar-refractivity contribution in [1.29, 1.82) is 0 Å². The Hall–Kier alpha value is -2.06. The minimum absolute atomic E-state index is 0.413. The van der Waals surface area contributed by atoms with Crippen LogP contribution >= 0.6 is 11.6 Å². The maximum absolute atomic E-state index is 11.8. The fraction of sp³-hybridized carbons (Fsp3) is 0.118. The zero-order chi connectivity index (χ0) is 13.7. The Morgan fingerprint density at radius 3 is 2.60 bits per heavy atom. The van der Waals surface area contributed by atoms with Gasteiger partial charge < -0.3 is 4.57 Å². The quantitative estimate of drug-likeness (QED) is 0.615. The SMILES string of the molecule is O=C(Cl)c1cc2cccc3c2n1-c1ccccc1CC3. The van der Waals surface area contributed by atoms with Crippen LogP contribution in [-0.4, -0.2) is 9.81 Å². The molecule has 2 heterocycles. The first-order valence-electron chi connectivity index (χ1n) is 6.67. The number of nitrogens with zero attached hydrogens (tertiary/aromatic N) is 1. The Labute approximate surface area is 121 Å². The standard InChI is InChI=1S/C17H12ClNO/c18-17(20)15-10-13-6-3-5-12-9-8-11-4-1-2-7-14(11)19(15)16(12)13/h1-7,10H,8-9H2. The maximum Gasteiger partial charge on any atom is 0.269 e. The Balaban J connectivity index is 2.20. The minimum atomic E-state index is -0.413. The van der Waals surface area contributed by atoms with Crippen molar-refractivity contribution in [2.45, 2.75) is 12.8 Å². The van der Waals surface area contributed by atoms with Gasteiger partial charge in [-0.1, -0.05) is 36.4 Å². The van der Waals surface area contributed by atoms with Gasteiger partial charge >= 0.3 is 0 Å². The van der Waals surface area contributed by atoms with Crippen molar-refractivity contribution < 1.29 is 4.79 Å². The van der Waals surface area contributed by atoms with Crippen molar-refractivity contribution in [1.82, 2.24) is 4.57 Å². The summed E-state index contributed by atoms with van der Waals surface area (Å²) in [6.07, 6.45) is 1.96. The third-order valence-corrected chi connectivity index (χ3v) is 4.20. The molecule has 1 aliphatic heterocycles. The number of halogens is 1. The summed E-state index contributed by atoms with van der Waals surface area (Å²) >= 11 is 5.80. The van der Waals surface area contributed by atoms with E-state index in [0.29, 0.717) is 5.69 Å². The molecule has 0 spiro atoms. The first-order valence-corrected chi connectivity index (χ1v) is 7.05. The summed E-state index contributed by atoms with van der Waals surface area (Å²) < 4.78 is 2.02. The lowest BCUT2D eigenvalue weighted by atomic mass is 10.0. The van der Waals surface area contributed by atoms with Crippen LogP contribution in [0.2, 0.25) is 0 Å². The van der Waals surface area contributed by atoms with E-state index in [1.54, 1.807) is 0 Å². The van der Waals surface area contributed by atoms with E-state index in [1.165, 1.54) is 11.1 Å². The minimum Gasteiger partial charge on any atom is -0.305 e. The van der Waals surface area contributed by atoms with Crippen LogP contribution < -0.4 is 0 Å². The molecule has 0 saturated carbocycles. The molecule has 3 aromatic rings. The van der Waals surface area contributed by atoms with Gasteiger partial charge in [-0.2, -0.15) is 0 Å². The summed E-state index contributed by atoms with van der Waals surface area (Å²) in [6, 6.07) is 16.3. The molecule has 20 heavy (non-hydrogen) atoms. The van der Waals surface area contributed by atoms with Crippen LogP contribution in [0.15, 0.2) is 48.5 Å². The van der Waals surface area contributed by atoms with E-state index in [0.717, 1.165) is 29.4 Å². The molecule has 0 saturated heterocycles. The molecule has 1 aliphatic rings. The third kappa shape index (κ3) is 1.55. The van der Waals surface area contributed by atoms with E-state index in [2.05, 4.69) is 18.2 Å². The predicted molar refractivity (Wildman–Crippen MR) is 80.9 cm³/mol. The van der Waals surface area contributed by atoms with Crippen molar-refractivity contribution in [3.05, 3.63) is 65.4 Å². The summed E-state index contributed by atoms with van der Waals surface area (Å²) in [4.78, 5) is 11.8. The molecule has 3 heteroatoms. The van der Waals surface area contributed by atoms with E-state index in [-0.39, 0.29) is 0 Å². The van der Waals surface area contributed by atoms with Crippen molar-refractivity contribution >= 4 is 27.7 Å². The van der Waals surface area contributed by atoms with Crippen LogP contribution in [0.4, 0.5) is 0 Å². The fourth-order valence-electron chi connectivity index (χ4n) is 3.14. The van der Waals surface area contributed by atoms with Gasteiger partial charge in [0.05, 0.1) is 5.52 Å². The van der Waals surface area contributed by atoms with Crippen molar-refractivity contribution in [2.24, 2.45) is 0 Å². The lowest BCUT2D eigenvalue weighted by molar-refractivity contribution is 0.107. The van der Waals surface area contributed by atoms with Crippen LogP contribution in [0.5, 0.6) is 0 Å². The van der Waals surface area contributed by atoms with Crippen molar-refractivity contribution in [2.75, 3.05) is 0 Å². The van der Waals surface area contributed by atoms with E-state index in [1.807, 2.05) is 34.9 Å². The molecule has 0 unspecified atom stereocenters. The molecule has 2 aromatic carbocycles. The Bertz CT molecular complexity index is 847. The fourth-order valence-corrected chi connectivity index (χ4v) is 3.28. The summed E-state index contributed by atoms with van der Waals surface area (Å²) in [7, 11) is 0. The second-order valence-corrected chi connectivity index (χ2v) is 5.47. The highest BCUT2D eigenvalue weighted by Gasteiger charge is 2.21. The zero-order valence-corrected chi connectivity index (χ0v) is 11.5.